The van der Waals surface area contributed by atoms with E-state index in [1.54, 1.807) is 0 Å². The molecule has 0 unspecified atom stereocenters. The van der Waals surface area contributed by atoms with E-state index in [0.29, 0.717) is 0 Å². The molecule has 0 bridgehead atoms. The lowest BCUT2D eigenvalue weighted by Crippen LogP contribution is -2.09. The highest BCUT2D eigenvalue weighted by Crippen LogP contribution is 2.43. The first-order valence-electron chi connectivity index (χ1n) is 20.5. The van der Waals surface area contributed by atoms with Crippen molar-refractivity contribution >= 4 is 49.8 Å². The first-order chi connectivity index (χ1) is 29.7. The molecule has 10 aromatic carbocycles. The lowest BCUT2D eigenvalue weighted by atomic mass is 9.94. The van der Waals surface area contributed by atoms with E-state index in [2.05, 4.69) is 241 Å². The zero-order valence-corrected chi connectivity index (χ0v) is 32.9. The first-order valence-corrected chi connectivity index (χ1v) is 20.5. The van der Waals surface area contributed by atoms with Crippen LogP contribution in [0.2, 0.25) is 0 Å². The van der Waals surface area contributed by atoms with Crippen molar-refractivity contribution in [2.75, 3.05) is 4.90 Å². The van der Waals surface area contributed by atoms with E-state index in [9.17, 15) is 0 Å². The third-order valence-electron chi connectivity index (χ3n) is 11.7. The van der Waals surface area contributed by atoms with Gasteiger partial charge >= 0.3 is 0 Å². The molecule has 60 heavy (non-hydrogen) atoms. The molecule has 1 heterocycles. The summed E-state index contributed by atoms with van der Waals surface area (Å²) in [5.41, 5.74) is 16.9. The molecule has 0 aliphatic heterocycles. The molecule has 0 fully saturated rings. The number of benzene rings is 10. The maximum absolute atomic E-state index is 6.66. The molecule has 0 saturated heterocycles. The molecular formula is C58H39NO. The van der Waals surface area contributed by atoms with Gasteiger partial charge in [0.15, 0.2) is 0 Å². The Labute approximate surface area is 349 Å². The molecule has 2 nitrogen and oxygen atoms in total. The minimum atomic E-state index is 0.887. The van der Waals surface area contributed by atoms with Crippen LogP contribution < -0.4 is 4.90 Å². The van der Waals surface area contributed by atoms with Gasteiger partial charge in [0.1, 0.15) is 11.2 Å². The van der Waals surface area contributed by atoms with E-state index >= 15 is 0 Å². The van der Waals surface area contributed by atoms with Crippen LogP contribution in [0, 0.1) is 0 Å². The van der Waals surface area contributed by atoms with Crippen molar-refractivity contribution in [3.63, 3.8) is 0 Å². The number of nitrogens with zero attached hydrogens (tertiary/aromatic N) is 1. The van der Waals surface area contributed by atoms with E-state index < -0.39 is 0 Å². The van der Waals surface area contributed by atoms with Crippen molar-refractivity contribution in [1.82, 2.24) is 0 Å². The number of anilines is 3. The van der Waals surface area contributed by atoms with Gasteiger partial charge in [-0.2, -0.15) is 0 Å². The fraction of sp³-hybridized carbons (Fsp3) is 0. The highest BCUT2D eigenvalue weighted by atomic mass is 16.3. The predicted molar refractivity (Wildman–Crippen MR) is 253 cm³/mol. The molecule has 0 aliphatic rings. The fourth-order valence-corrected chi connectivity index (χ4v) is 8.63. The topological polar surface area (TPSA) is 16.4 Å². The fourth-order valence-electron chi connectivity index (χ4n) is 8.63. The quantitative estimate of drug-likeness (QED) is 0.153. The monoisotopic (exact) mass is 765 g/mol. The molecule has 0 N–H and O–H groups in total. The van der Waals surface area contributed by atoms with Crippen molar-refractivity contribution in [2.24, 2.45) is 0 Å². The molecule has 11 rings (SSSR count). The van der Waals surface area contributed by atoms with E-state index in [4.69, 9.17) is 4.42 Å². The molecule has 0 atom stereocenters. The highest BCUT2D eigenvalue weighted by molar-refractivity contribution is 6.19. The number of fused-ring (bicyclic) bond motifs is 5. The molecule has 1 aromatic heterocycles. The highest BCUT2D eigenvalue weighted by Gasteiger charge is 2.18. The van der Waals surface area contributed by atoms with Crippen molar-refractivity contribution in [2.45, 2.75) is 0 Å². The SMILES string of the molecule is c1ccc(-c2ccc(N(c3ccc(-c4ccccc4)cc3)c3ccc(-c4cc5c6cc(-c7cccc(-c8ccccc8)c7)ccc6oc5c5ccccc45)cc3)cc2)cc1. The van der Waals surface area contributed by atoms with Crippen molar-refractivity contribution < 1.29 is 4.42 Å². The smallest absolute Gasteiger partial charge is 0.143 e. The zero-order valence-electron chi connectivity index (χ0n) is 32.9. The molecular weight excluding hydrogens is 727 g/mol. The Morgan fingerprint density at radius 2 is 0.650 bits per heavy atom. The number of hydrogen-bond donors (Lipinski definition) is 0. The third kappa shape index (κ3) is 6.51. The Hall–Kier alpha value is -7.94. The van der Waals surface area contributed by atoms with Crippen molar-refractivity contribution in [1.29, 1.82) is 0 Å². The standard InChI is InChI=1S/C58H39NO/c1-4-13-40(14-5-1)43-23-30-49(31-24-43)59(50-32-25-44(26-33-50)41-15-6-2-7-16-41)51-34-27-45(28-35-51)54-39-56-55-38-48(47-20-12-19-46(37-47)42-17-8-3-9-18-42)29-36-57(55)60-58(56)53-22-11-10-21-52(53)54/h1-39H. The summed E-state index contributed by atoms with van der Waals surface area (Å²) >= 11 is 0. The maximum atomic E-state index is 6.66. The summed E-state index contributed by atoms with van der Waals surface area (Å²) in [6, 6.07) is 84.7. The van der Waals surface area contributed by atoms with Gasteiger partial charge in [0.25, 0.3) is 0 Å². The normalized spacial score (nSPS) is 11.3. The van der Waals surface area contributed by atoms with Gasteiger partial charge in [-0.25, -0.2) is 0 Å². The van der Waals surface area contributed by atoms with Gasteiger partial charge < -0.3 is 9.32 Å². The van der Waals surface area contributed by atoms with Gasteiger partial charge in [0.2, 0.25) is 0 Å². The van der Waals surface area contributed by atoms with Crippen LogP contribution >= 0.6 is 0 Å². The molecule has 0 radical (unpaired) electrons. The Morgan fingerprint density at radius 3 is 1.20 bits per heavy atom. The molecule has 0 amide bonds. The van der Waals surface area contributed by atoms with Crippen LogP contribution in [0.15, 0.2) is 241 Å². The average Bonchev–Trinajstić information content (AvgIpc) is 3.71. The van der Waals surface area contributed by atoms with Crippen LogP contribution in [0.4, 0.5) is 17.1 Å². The summed E-state index contributed by atoms with van der Waals surface area (Å²) < 4.78 is 6.66. The summed E-state index contributed by atoms with van der Waals surface area (Å²) in [7, 11) is 0. The van der Waals surface area contributed by atoms with Gasteiger partial charge in [-0.1, -0.05) is 176 Å². The second kappa shape index (κ2) is 15.1. The van der Waals surface area contributed by atoms with E-state index in [0.717, 1.165) is 60.9 Å². The van der Waals surface area contributed by atoms with Crippen LogP contribution in [0.1, 0.15) is 0 Å². The largest absolute Gasteiger partial charge is 0.455 e. The second-order valence-corrected chi connectivity index (χ2v) is 15.3. The van der Waals surface area contributed by atoms with E-state index in [-0.39, 0.29) is 0 Å². The molecule has 0 saturated carbocycles. The minimum Gasteiger partial charge on any atom is -0.455 e. The summed E-state index contributed by atoms with van der Waals surface area (Å²) in [4.78, 5) is 2.34. The lowest BCUT2D eigenvalue weighted by Gasteiger charge is -2.26. The van der Waals surface area contributed by atoms with Crippen LogP contribution in [-0.2, 0) is 0 Å². The van der Waals surface area contributed by atoms with Crippen molar-refractivity contribution in [3.8, 4) is 55.6 Å². The second-order valence-electron chi connectivity index (χ2n) is 15.3. The minimum absolute atomic E-state index is 0.887. The Kier molecular flexibility index (Phi) is 8.87. The van der Waals surface area contributed by atoms with Crippen LogP contribution in [0.5, 0.6) is 0 Å². The van der Waals surface area contributed by atoms with Gasteiger partial charge in [-0.15, -0.1) is 0 Å². The third-order valence-corrected chi connectivity index (χ3v) is 11.7. The van der Waals surface area contributed by atoms with Gasteiger partial charge in [0.05, 0.1) is 0 Å². The number of furan rings is 1. The number of hydrogen-bond acceptors (Lipinski definition) is 2. The van der Waals surface area contributed by atoms with Crippen molar-refractivity contribution in [3.05, 3.63) is 237 Å². The summed E-state index contributed by atoms with van der Waals surface area (Å²) in [5, 5.41) is 4.50. The predicted octanol–water partition coefficient (Wildman–Crippen LogP) is 16.5. The maximum Gasteiger partial charge on any atom is 0.143 e. The first kappa shape index (κ1) is 35.2. The number of rotatable bonds is 8. The molecule has 11 aromatic rings. The van der Waals surface area contributed by atoms with Crippen LogP contribution in [0.25, 0.3) is 88.3 Å². The Morgan fingerprint density at radius 1 is 0.250 bits per heavy atom. The van der Waals surface area contributed by atoms with Crippen LogP contribution in [-0.4, -0.2) is 0 Å². The molecule has 2 heteroatoms. The average molecular weight is 766 g/mol. The van der Waals surface area contributed by atoms with Gasteiger partial charge in [0, 0.05) is 33.2 Å². The summed E-state index contributed by atoms with van der Waals surface area (Å²) in [6.07, 6.45) is 0. The molecule has 282 valence electrons. The Bertz CT molecular complexity index is 3180. The molecule has 0 aliphatic carbocycles. The van der Waals surface area contributed by atoms with E-state index in [1.807, 2.05) is 0 Å². The summed E-state index contributed by atoms with van der Waals surface area (Å²) in [6.45, 7) is 0. The Balaban J connectivity index is 0.999. The molecule has 0 spiro atoms. The zero-order chi connectivity index (χ0) is 39.8. The lowest BCUT2D eigenvalue weighted by molar-refractivity contribution is 0.673. The van der Waals surface area contributed by atoms with Gasteiger partial charge in [-0.05, 0) is 122 Å². The van der Waals surface area contributed by atoms with E-state index in [1.165, 1.54) is 44.5 Å². The summed E-state index contributed by atoms with van der Waals surface area (Å²) in [5.74, 6) is 0. The van der Waals surface area contributed by atoms with Crippen LogP contribution in [0.3, 0.4) is 0 Å². The van der Waals surface area contributed by atoms with Gasteiger partial charge in [-0.3, -0.25) is 0 Å².